The zero-order valence-corrected chi connectivity index (χ0v) is 10.1. The third-order valence-corrected chi connectivity index (χ3v) is 2.81. The number of carbonyl (C=O) groups is 1. The van der Waals surface area contributed by atoms with Gasteiger partial charge in [-0.2, -0.15) is 0 Å². The number of amides is 1. The van der Waals surface area contributed by atoms with Gasteiger partial charge in [0.15, 0.2) is 0 Å². The van der Waals surface area contributed by atoms with Gasteiger partial charge in [0.2, 0.25) is 5.91 Å². The van der Waals surface area contributed by atoms with E-state index in [1.54, 1.807) is 0 Å². The van der Waals surface area contributed by atoms with E-state index < -0.39 is 5.54 Å². The second-order valence-corrected chi connectivity index (χ2v) is 4.62. The highest BCUT2D eigenvalue weighted by atomic mass is 16.1. The van der Waals surface area contributed by atoms with Gasteiger partial charge < -0.3 is 11.1 Å². The summed E-state index contributed by atoms with van der Waals surface area (Å²) in [6, 6.07) is 0. The summed E-state index contributed by atoms with van der Waals surface area (Å²) in [5.74, 6) is 0.512. The molecule has 0 aliphatic rings. The summed E-state index contributed by atoms with van der Waals surface area (Å²) < 4.78 is 0. The van der Waals surface area contributed by atoms with Gasteiger partial charge in [0.05, 0.1) is 5.54 Å². The third kappa shape index (κ3) is 2.98. The predicted molar refractivity (Wildman–Crippen MR) is 59.9 cm³/mol. The van der Waals surface area contributed by atoms with Crippen molar-refractivity contribution in [1.29, 1.82) is 0 Å². The van der Waals surface area contributed by atoms with Crippen LogP contribution in [0.3, 0.4) is 0 Å². The van der Waals surface area contributed by atoms with Crippen molar-refractivity contribution in [2.75, 3.05) is 6.54 Å². The third-order valence-electron chi connectivity index (χ3n) is 2.81. The average Bonchev–Trinajstić information content (AvgIpc) is 2.04. The van der Waals surface area contributed by atoms with Gasteiger partial charge in [-0.05, 0) is 24.8 Å². The van der Waals surface area contributed by atoms with Gasteiger partial charge in [-0.25, -0.2) is 0 Å². The van der Waals surface area contributed by atoms with Gasteiger partial charge in [-0.1, -0.05) is 34.6 Å². The van der Waals surface area contributed by atoms with Gasteiger partial charge >= 0.3 is 0 Å². The molecule has 0 bridgehead atoms. The summed E-state index contributed by atoms with van der Waals surface area (Å²) >= 11 is 0. The van der Waals surface area contributed by atoms with E-state index in [0.717, 1.165) is 13.0 Å². The van der Waals surface area contributed by atoms with Gasteiger partial charge in [-0.3, -0.25) is 4.79 Å². The number of primary amides is 1. The molecule has 0 aliphatic heterocycles. The van der Waals surface area contributed by atoms with Crippen LogP contribution < -0.4 is 11.1 Å². The van der Waals surface area contributed by atoms with Crippen molar-refractivity contribution in [3.63, 3.8) is 0 Å². The van der Waals surface area contributed by atoms with Crippen molar-refractivity contribution < 1.29 is 4.79 Å². The molecule has 0 saturated carbocycles. The van der Waals surface area contributed by atoms with Gasteiger partial charge in [-0.15, -0.1) is 0 Å². The van der Waals surface area contributed by atoms with Crippen LogP contribution in [-0.2, 0) is 4.79 Å². The van der Waals surface area contributed by atoms with E-state index in [0.29, 0.717) is 5.92 Å². The zero-order valence-electron chi connectivity index (χ0n) is 10.1. The van der Waals surface area contributed by atoms with E-state index in [2.05, 4.69) is 19.2 Å². The molecule has 0 aliphatic carbocycles. The van der Waals surface area contributed by atoms with Crippen LogP contribution >= 0.6 is 0 Å². The minimum absolute atomic E-state index is 0.226. The molecular weight excluding hydrogens is 176 g/mol. The minimum atomic E-state index is -0.537. The topological polar surface area (TPSA) is 55.1 Å². The van der Waals surface area contributed by atoms with E-state index in [1.807, 2.05) is 20.8 Å². The Kier molecular flexibility index (Phi) is 5.13. The first-order valence-electron chi connectivity index (χ1n) is 5.41. The molecule has 0 fully saturated rings. The van der Waals surface area contributed by atoms with Gasteiger partial charge in [0.25, 0.3) is 0 Å². The lowest BCUT2D eigenvalue weighted by Crippen LogP contribution is -2.59. The summed E-state index contributed by atoms with van der Waals surface area (Å²) in [7, 11) is 0. The van der Waals surface area contributed by atoms with Crippen LogP contribution in [-0.4, -0.2) is 18.0 Å². The smallest absolute Gasteiger partial charge is 0.237 e. The molecule has 0 spiro atoms. The van der Waals surface area contributed by atoms with Crippen molar-refractivity contribution in [2.24, 2.45) is 17.6 Å². The quantitative estimate of drug-likeness (QED) is 0.683. The SMILES string of the molecule is CCC(NCC(C)C)(C(N)=O)C(C)C. The van der Waals surface area contributed by atoms with Crippen molar-refractivity contribution >= 4 is 5.91 Å². The standard InChI is InChI=1S/C11H24N2O/c1-6-11(9(4)5,10(12)14)13-7-8(2)3/h8-9,13H,6-7H2,1-5H3,(H2,12,14). The molecular formula is C11H24N2O. The predicted octanol–water partition coefficient (Wildman–Crippen LogP) is 1.52. The fourth-order valence-corrected chi connectivity index (χ4v) is 1.67. The normalized spacial score (nSPS) is 15.9. The van der Waals surface area contributed by atoms with Crippen LogP contribution in [0, 0.1) is 11.8 Å². The molecule has 0 rings (SSSR count). The lowest BCUT2D eigenvalue weighted by molar-refractivity contribution is -0.126. The van der Waals surface area contributed by atoms with Gasteiger partial charge in [0.1, 0.15) is 0 Å². The number of rotatable bonds is 6. The van der Waals surface area contributed by atoms with Crippen molar-refractivity contribution in [2.45, 2.75) is 46.6 Å². The molecule has 0 aromatic rings. The number of nitrogens with one attached hydrogen (secondary N) is 1. The molecule has 0 radical (unpaired) electrons. The summed E-state index contributed by atoms with van der Waals surface area (Å²) in [5, 5.41) is 3.31. The first-order chi connectivity index (χ1) is 6.36. The van der Waals surface area contributed by atoms with Crippen LogP contribution in [0.2, 0.25) is 0 Å². The molecule has 3 nitrogen and oxygen atoms in total. The highest BCUT2D eigenvalue weighted by Gasteiger charge is 2.37. The summed E-state index contributed by atoms with van der Waals surface area (Å²) in [5.41, 5.74) is 4.93. The summed E-state index contributed by atoms with van der Waals surface area (Å²) in [6.07, 6.45) is 0.743. The van der Waals surface area contributed by atoms with E-state index in [4.69, 9.17) is 5.73 Å². The Balaban J connectivity index is 4.60. The average molecular weight is 200 g/mol. The number of hydrogen-bond donors (Lipinski definition) is 2. The Morgan fingerprint density at radius 1 is 1.36 bits per heavy atom. The summed E-state index contributed by atoms with van der Waals surface area (Å²) in [4.78, 5) is 11.5. The van der Waals surface area contributed by atoms with Crippen LogP contribution in [0.15, 0.2) is 0 Å². The Morgan fingerprint density at radius 3 is 2.07 bits per heavy atom. The molecule has 14 heavy (non-hydrogen) atoms. The molecule has 1 atom stereocenters. The fraction of sp³-hybridized carbons (Fsp3) is 0.909. The highest BCUT2D eigenvalue weighted by Crippen LogP contribution is 2.21. The Bertz CT molecular complexity index is 190. The number of carbonyl (C=O) groups excluding carboxylic acids is 1. The monoisotopic (exact) mass is 200 g/mol. The Labute approximate surface area is 87.4 Å². The lowest BCUT2D eigenvalue weighted by Gasteiger charge is -2.35. The maximum Gasteiger partial charge on any atom is 0.237 e. The molecule has 0 aromatic carbocycles. The van der Waals surface area contributed by atoms with E-state index in [1.165, 1.54) is 0 Å². The van der Waals surface area contributed by atoms with Crippen molar-refractivity contribution in [3.8, 4) is 0 Å². The first kappa shape index (κ1) is 13.4. The maximum atomic E-state index is 11.5. The van der Waals surface area contributed by atoms with Crippen LogP contribution in [0.25, 0.3) is 0 Å². The second kappa shape index (κ2) is 5.35. The molecule has 84 valence electrons. The maximum absolute atomic E-state index is 11.5. The molecule has 0 aromatic heterocycles. The minimum Gasteiger partial charge on any atom is -0.368 e. The van der Waals surface area contributed by atoms with E-state index in [-0.39, 0.29) is 11.8 Å². The van der Waals surface area contributed by atoms with E-state index in [9.17, 15) is 4.79 Å². The van der Waals surface area contributed by atoms with E-state index >= 15 is 0 Å². The van der Waals surface area contributed by atoms with Crippen molar-refractivity contribution in [3.05, 3.63) is 0 Å². The van der Waals surface area contributed by atoms with Gasteiger partial charge in [0, 0.05) is 0 Å². The lowest BCUT2D eigenvalue weighted by atomic mass is 9.82. The van der Waals surface area contributed by atoms with Crippen LogP contribution in [0.1, 0.15) is 41.0 Å². The second-order valence-electron chi connectivity index (χ2n) is 4.62. The molecule has 3 heteroatoms. The first-order valence-corrected chi connectivity index (χ1v) is 5.41. The van der Waals surface area contributed by atoms with Crippen LogP contribution in [0.5, 0.6) is 0 Å². The Morgan fingerprint density at radius 2 is 1.86 bits per heavy atom. The Hall–Kier alpha value is -0.570. The molecule has 3 N–H and O–H groups in total. The highest BCUT2D eigenvalue weighted by molar-refractivity contribution is 5.84. The molecule has 1 unspecified atom stereocenters. The molecule has 0 heterocycles. The van der Waals surface area contributed by atoms with Crippen molar-refractivity contribution in [1.82, 2.24) is 5.32 Å². The number of hydrogen-bond acceptors (Lipinski definition) is 2. The molecule has 1 amide bonds. The number of nitrogens with two attached hydrogens (primary N) is 1. The van der Waals surface area contributed by atoms with Crippen LogP contribution in [0.4, 0.5) is 0 Å². The fourth-order valence-electron chi connectivity index (χ4n) is 1.67. The molecule has 0 saturated heterocycles. The zero-order chi connectivity index (χ0) is 11.4. The summed E-state index contributed by atoms with van der Waals surface area (Å²) in [6.45, 7) is 11.1. The largest absolute Gasteiger partial charge is 0.368 e.